The molecule has 1 atom stereocenters. The van der Waals surface area contributed by atoms with Gasteiger partial charge in [-0.15, -0.1) is 0 Å². The minimum absolute atomic E-state index is 0.242. The average molecular weight is 330 g/mol. The van der Waals surface area contributed by atoms with Crippen molar-refractivity contribution in [3.63, 3.8) is 0 Å². The fourth-order valence-corrected chi connectivity index (χ4v) is 2.52. The third-order valence-corrected chi connectivity index (χ3v) is 3.91. The van der Waals surface area contributed by atoms with E-state index in [2.05, 4.69) is 0 Å². The lowest BCUT2D eigenvalue weighted by Crippen LogP contribution is -2.20. The highest BCUT2D eigenvalue weighted by atomic mass is 16.5. The zero-order valence-electron chi connectivity index (χ0n) is 13.9. The number of ketones is 1. The van der Waals surface area contributed by atoms with Crippen molar-refractivity contribution in [2.45, 2.75) is 13.0 Å². The van der Waals surface area contributed by atoms with Crippen LogP contribution in [0.25, 0.3) is 0 Å². The Hall–Kier alpha value is -3.20. The molecule has 124 valence electrons. The molecule has 0 aliphatic rings. The van der Waals surface area contributed by atoms with Gasteiger partial charge in [-0.25, -0.2) is 4.79 Å². The number of rotatable bonds is 5. The molecule has 3 aromatic rings. The quantitative estimate of drug-likeness (QED) is 0.500. The van der Waals surface area contributed by atoms with Gasteiger partial charge in [0.1, 0.15) is 0 Å². The highest BCUT2D eigenvalue weighted by molar-refractivity contribution is 6.02. The lowest BCUT2D eigenvalue weighted by atomic mass is 9.99. The Morgan fingerprint density at radius 3 is 1.80 bits per heavy atom. The molecule has 0 aromatic heterocycles. The van der Waals surface area contributed by atoms with Crippen LogP contribution in [-0.4, -0.2) is 11.8 Å². The van der Waals surface area contributed by atoms with Crippen LogP contribution in [0.15, 0.2) is 84.9 Å². The molecule has 0 aliphatic carbocycles. The van der Waals surface area contributed by atoms with Crippen LogP contribution in [0, 0.1) is 6.92 Å². The zero-order chi connectivity index (χ0) is 17.6. The second-order valence-electron chi connectivity index (χ2n) is 5.79. The van der Waals surface area contributed by atoms with Gasteiger partial charge >= 0.3 is 5.97 Å². The van der Waals surface area contributed by atoms with Crippen molar-refractivity contribution in [1.29, 1.82) is 0 Å². The molecule has 0 aliphatic heterocycles. The Bertz CT molecular complexity index is 853. The summed E-state index contributed by atoms with van der Waals surface area (Å²) in [4.78, 5) is 25.4. The van der Waals surface area contributed by atoms with Gasteiger partial charge in [0.2, 0.25) is 5.78 Å². The summed E-state index contributed by atoms with van der Waals surface area (Å²) in [5.41, 5.74) is 2.65. The van der Waals surface area contributed by atoms with E-state index >= 15 is 0 Å². The van der Waals surface area contributed by atoms with E-state index in [0.29, 0.717) is 16.7 Å². The number of aryl methyl sites for hydroxylation is 1. The van der Waals surface area contributed by atoms with Crippen LogP contribution in [0.4, 0.5) is 0 Å². The molecule has 0 amide bonds. The van der Waals surface area contributed by atoms with E-state index in [4.69, 9.17) is 4.74 Å². The van der Waals surface area contributed by atoms with Gasteiger partial charge < -0.3 is 4.74 Å². The monoisotopic (exact) mass is 330 g/mol. The Morgan fingerprint density at radius 1 is 0.720 bits per heavy atom. The van der Waals surface area contributed by atoms with Crippen molar-refractivity contribution in [3.8, 4) is 0 Å². The Morgan fingerprint density at radius 2 is 1.24 bits per heavy atom. The van der Waals surface area contributed by atoms with Gasteiger partial charge in [-0.1, -0.05) is 78.4 Å². The molecule has 0 fully saturated rings. The number of benzene rings is 3. The van der Waals surface area contributed by atoms with E-state index < -0.39 is 12.1 Å². The van der Waals surface area contributed by atoms with Crippen molar-refractivity contribution in [2.24, 2.45) is 0 Å². The number of hydrogen-bond donors (Lipinski definition) is 0. The topological polar surface area (TPSA) is 43.4 Å². The highest BCUT2D eigenvalue weighted by Crippen LogP contribution is 2.24. The SMILES string of the molecule is Cc1ccc(C(OC(=O)c2ccccc2)C(=O)c2ccccc2)cc1. The summed E-state index contributed by atoms with van der Waals surface area (Å²) in [6.45, 7) is 1.97. The van der Waals surface area contributed by atoms with E-state index in [1.54, 1.807) is 48.5 Å². The minimum Gasteiger partial charge on any atom is -0.445 e. The lowest BCUT2D eigenvalue weighted by molar-refractivity contribution is 0.0280. The molecular weight excluding hydrogens is 312 g/mol. The van der Waals surface area contributed by atoms with Gasteiger partial charge in [0.25, 0.3) is 0 Å². The maximum atomic E-state index is 12.9. The average Bonchev–Trinajstić information content (AvgIpc) is 2.67. The number of Topliss-reactive ketones (excluding diaryl/α,β-unsaturated/α-hetero) is 1. The predicted molar refractivity (Wildman–Crippen MR) is 96.6 cm³/mol. The van der Waals surface area contributed by atoms with Crippen LogP contribution in [0.1, 0.15) is 37.9 Å². The molecule has 25 heavy (non-hydrogen) atoms. The first-order chi connectivity index (χ1) is 12.1. The summed E-state index contributed by atoms with van der Waals surface area (Å²) < 4.78 is 5.59. The molecule has 0 saturated carbocycles. The van der Waals surface area contributed by atoms with Gasteiger partial charge in [0.05, 0.1) is 5.56 Å². The van der Waals surface area contributed by atoms with E-state index in [1.165, 1.54) is 0 Å². The van der Waals surface area contributed by atoms with Crippen molar-refractivity contribution in [1.82, 2.24) is 0 Å². The smallest absolute Gasteiger partial charge is 0.339 e. The molecule has 0 saturated heterocycles. The van der Waals surface area contributed by atoms with E-state index in [0.717, 1.165) is 5.56 Å². The molecule has 1 unspecified atom stereocenters. The second-order valence-corrected chi connectivity index (χ2v) is 5.79. The van der Waals surface area contributed by atoms with Gasteiger partial charge in [-0.05, 0) is 19.1 Å². The molecule has 3 nitrogen and oxygen atoms in total. The van der Waals surface area contributed by atoms with Crippen LogP contribution in [0.2, 0.25) is 0 Å². The molecule has 0 bridgehead atoms. The van der Waals surface area contributed by atoms with Crippen LogP contribution in [-0.2, 0) is 4.74 Å². The van der Waals surface area contributed by atoms with Crippen molar-refractivity contribution < 1.29 is 14.3 Å². The van der Waals surface area contributed by atoms with Crippen molar-refractivity contribution in [2.75, 3.05) is 0 Å². The summed E-state index contributed by atoms with van der Waals surface area (Å²) in [6.07, 6.45) is -0.976. The molecule has 3 rings (SSSR count). The third-order valence-electron chi connectivity index (χ3n) is 3.91. The number of carbonyl (C=O) groups excluding carboxylic acids is 2. The van der Waals surface area contributed by atoms with E-state index in [1.807, 2.05) is 43.3 Å². The maximum Gasteiger partial charge on any atom is 0.339 e. The second kappa shape index (κ2) is 7.58. The highest BCUT2D eigenvalue weighted by Gasteiger charge is 2.26. The Labute approximate surface area is 146 Å². The summed E-state index contributed by atoms with van der Waals surface area (Å²) >= 11 is 0. The largest absolute Gasteiger partial charge is 0.445 e. The molecule has 3 heteroatoms. The maximum absolute atomic E-state index is 12.9. The van der Waals surface area contributed by atoms with Crippen LogP contribution in [0.5, 0.6) is 0 Å². The first-order valence-corrected chi connectivity index (χ1v) is 8.07. The first-order valence-electron chi connectivity index (χ1n) is 8.07. The molecule has 0 heterocycles. The van der Waals surface area contributed by atoms with Crippen LogP contribution < -0.4 is 0 Å². The molecule has 0 spiro atoms. The summed E-state index contributed by atoms with van der Waals surface area (Å²) in [7, 11) is 0. The van der Waals surface area contributed by atoms with Crippen LogP contribution >= 0.6 is 0 Å². The predicted octanol–water partition coefficient (Wildman–Crippen LogP) is 4.78. The lowest BCUT2D eigenvalue weighted by Gasteiger charge is -2.18. The molecule has 3 aromatic carbocycles. The minimum atomic E-state index is -0.976. The van der Waals surface area contributed by atoms with Gasteiger partial charge in [-0.2, -0.15) is 0 Å². The number of carbonyl (C=O) groups is 2. The van der Waals surface area contributed by atoms with Gasteiger partial charge in [0.15, 0.2) is 6.10 Å². The van der Waals surface area contributed by atoms with Crippen molar-refractivity contribution >= 4 is 11.8 Å². The van der Waals surface area contributed by atoms with Crippen molar-refractivity contribution in [3.05, 3.63) is 107 Å². The van der Waals surface area contributed by atoms with Gasteiger partial charge in [-0.3, -0.25) is 4.79 Å². The number of ether oxygens (including phenoxy) is 1. The zero-order valence-corrected chi connectivity index (χ0v) is 13.9. The molecular formula is C22H18O3. The fraction of sp³-hybridized carbons (Fsp3) is 0.0909. The first kappa shape index (κ1) is 16.7. The normalized spacial score (nSPS) is 11.6. The molecule has 0 radical (unpaired) electrons. The summed E-state index contributed by atoms with van der Waals surface area (Å²) in [5.74, 6) is -0.760. The Kier molecular flexibility index (Phi) is 5.05. The van der Waals surface area contributed by atoms with E-state index in [9.17, 15) is 9.59 Å². The number of hydrogen-bond acceptors (Lipinski definition) is 3. The summed E-state index contributed by atoms with van der Waals surface area (Å²) in [6, 6.07) is 25.0. The number of esters is 1. The van der Waals surface area contributed by atoms with E-state index in [-0.39, 0.29) is 5.78 Å². The van der Waals surface area contributed by atoms with Crippen LogP contribution in [0.3, 0.4) is 0 Å². The van der Waals surface area contributed by atoms with Gasteiger partial charge in [0, 0.05) is 11.1 Å². The fourth-order valence-electron chi connectivity index (χ4n) is 2.52. The summed E-state index contributed by atoms with van der Waals surface area (Å²) in [5, 5.41) is 0. The standard InChI is InChI=1S/C22H18O3/c1-16-12-14-18(15-13-16)21(20(23)17-8-4-2-5-9-17)25-22(24)19-10-6-3-7-11-19/h2-15,21H,1H3. The molecule has 0 N–H and O–H groups in total. The Balaban J connectivity index is 1.93. The third kappa shape index (κ3) is 4.01.